The fourth-order valence-electron chi connectivity index (χ4n) is 6.74. The molecule has 0 amide bonds. The van der Waals surface area contributed by atoms with E-state index in [4.69, 9.17) is 9.47 Å². The number of ether oxygens (including phenoxy) is 2. The molecule has 4 unspecified atom stereocenters. The molecule has 0 radical (unpaired) electrons. The van der Waals surface area contributed by atoms with Crippen molar-refractivity contribution in [3.05, 3.63) is 70.8 Å². The van der Waals surface area contributed by atoms with Gasteiger partial charge in [0.15, 0.2) is 0 Å². The van der Waals surface area contributed by atoms with Gasteiger partial charge in [0, 0.05) is 5.41 Å². The van der Waals surface area contributed by atoms with Gasteiger partial charge in [-0.3, -0.25) is 9.59 Å². The number of benzene rings is 2. The first-order valence-corrected chi connectivity index (χ1v) is 14.3. The molecule has 0 spiro atoms. The molecule has 0 aliphatic heterocycles. The van der Waals surface area contributed by atoms with E-state index in [1.54, 1.807) is 0 Å². The molecular formula is C34H48O4. The topological polar surface area (TPSA) is 52.6 Å². The van der Waals surface area contributed by atoms with Gasteiger partial charge in [0.25, 0.3) is 0 Å². The van der Waals surface area contributed by atoms with E-state index in [1.807, 2.05) is 41.5 Å². The van der Waals surface area contributed by atoms with Gasteiger partial charge in [0.1, 0.15) is 11.2 Å². The summed E-state index contributed by atoms with van der Waals surface area (Å²) in [4.78, 5) is 27.4. The Morgan fingerprint density at radius 3 is 1.37 bits per heavy atom. The molecule has 4 atom stereocenters. The highest BCUT2D eigenvalue weighted by Crippen LogP contribution is 2.56. The molecule has 2 aromatic rings. The van der Waals surface area contributed by atoms with Crippen LogP contribution in [0.5, 0.6) is 0 Å². The lowest BCUT2D eigenvalue weighted by Crippen LogP contribution is -2.52. The zero-order valence-electron chi connectivity index (χ0n) is 25.2. The maximum atomic E-state index is 13.7. The lowest BCUT2D eigenvalue weighted by Gasteiger charge is -2.52. The van der Waals surface area contributed by atoms with Crippen LogP contribution in [-0.2, 0) is 30.9 Å². The first-order chi connectivity index (χ1) is 17.7. The Hall–Kier alpha value is -2.62. The summed E-state index contributed by atoms with van der Waals surface area (Å²) < 4.78 is 11.9. The molecule has 0 heterocycles. The average Bonchev–Trinajstić information content (AvgIpc) is 2.81. The Balaban J connectivity index is 2.31. The van der Waals surface area contributed by atoms with Crippen LogP contribution in [-0.4, -0.2) is 23.1 Å². The van der Waals surface area contributed by atoms with Gasteiger partial charge in [-0.15, -0.1) is 0 Å². The van der Waals surface area contributed by atoms with Gasteiger partial charge in [0.05, 0.1) is 11.8 Å². The number of fused-ring (bicyclic) bond motifs is 2. The van der Waals surface area contributed by atoms with Crippen molar-refractivity contribution >= 4 is 11.9 Å². The maximum Gasteiger partial charge on any atom is 0.309 e. The van der Waals surface area contributed by atoms with E-state index < -0.39 is 16.6 Å². The summed E-state index contributed by atoms with van der Waals surface area (Å²) in [7, 11) is 0. The SMILES string of the molecule is CCC(C(=O)OC(C)(C)C)C(C)C1(C(C)C(CC)C(=O)OC(C)(C)C)c2ccccc2Cc2ccccc21. The second-order valence-electron chi connectivity index (χ2n) is 13.0. The van der Waals surface area contributed by atoms with Crippen LogP contribution in [0, 0.1) is 23.7 Å². The van der Waals surface area contributed by atoms with E-state index in [1.165, 1.54) is 22.3 Å². The van der Waals surface area contributed by atoms with Crippen LogP contribution in [0.15, 0.2) is 48.5 Å². The Morgan fingerprint density at radius 1 is 0.711 bits per heavy atom. The molecule has 0 N–H and O–H groups in total. The summed E-state index contributed by atoms with van der Waals surface area (Å²) in [5.74, 6) is -1.29. The molecule has 208 valence electrons. The quantitative estimate of drug-likeness (QED) is 0.332. The standard InChI is InChI=1S/C34H48O4/c1-11-26(30(35)37-32(5,6)7)22(3)34(23(4)27(12-2)31(36)38-33(8,9)10)28-19-15-13-17-24(28)21-25-18-14-16-20-29(25)34/h13-20,22-23,26-27H,11-12,21H2,1-10H3. The van der Waals surface area contributed by atoms with Gasteiger partial charge < -0.3 is 9.47 Å². The Morgan fingerprint density at radius 2 is 1.05 bits per heavy atom. The van der Waals surface area contributed by atoms with Crippen molar-refractivity contribution in [1.29, 1.82) is 0 Å². The van der Waals surface area contributed by atoms with Crippen molar-refractivity contribution in [1.82, 2.24) is 0 Å². The van der Waals surface area contributed by atoms with Crippen LogP contribution in [0.25, 0.3) is 0 Å². The number of hydrogen-bond acceptors (Lipinski definition) is 4. The van der Waals surface area contributed by atoms with Crippen LogP contribution < -0.4 is 0 Å². The molecule has 0 fully saturated rings. The molecule has 2 aromatic carbocycles. The third-order valence-corrected chi connectivity index (χ3v) is 8.25. The molecular weight excluding hydrogens is 472 g/mol. The molecule has 4 heteroatoms. The molecule has 3 rings (SSSR count). The van der Waals surface area contributed by atoms with E-state index >= 15 is 0 Å². The van der Waals surface area contributed by atoms with E-state index in [9.17, 15) is 9.59 Å². The minimum atomic E-state index is -0.583. The Bertz CT molecular complexity index is 1040. The van der Waals surface area contributed by atoms with E-state index in [-0.39, 0.29) is 35.6 Å². The fraction of sp³-hybridized carbons (Fsp3) is 0.588. The normalized spacial score (nSPS) is 17.8. The highest BCUT2D eigenvalue weighted by Gasteiger charge is 2.55. The molecule has 1 aliphatic rings. The number of carbonyl (C=O) groups excluding carboxylic acids is 2. The van der Waals surface area contributed by atoms with Gasteiger partial charge in [-0.1, -0.05) is 76.2 Å². The largest absolute Gasteiger partial charge is 0.460 e. The van der Waals surface area contributed by atoms with Gasteiger partial charge >= 0.3 is 11.9 Å². The van der Waals surface area contributed by atoms with Crippen molar-refractivity contribution in [3.63, 3.8) is 0 Å². The fourth-order valence-corrected chi connectivity index (χ4v) is 6.74. The summed E-state index contributed by atoms with van der Waals surface area (Å²) in [6.45, 7) is 20.0. The number of rotatable bonds is 8. The lowest BCUT2D eigenvalue weighted by molar-refractivity contribution is -0.165. The van der Waals surface area contributed by atoms with Crippen LogP contribution >= 0.6 is 0 Å². The van der Waals surface area contributed by atoms with Crippen LogP contribution in [0.1, 0.15) is 104 Å². The molecule has 0 aromatic heterocycles. The van der Waals surface area contributed by atoms with Gasteiger partial charge in [0.2, 0.25) is 0 Å². The monoisotopic (exact) mass is 520 g/mol. The van der Waals surface area contributed by atoms with E-state index in [0.717, 1.165) is 6.42 Å². The highest BCUT2D eigenvalue weighted by molar-refractivity contribution is 5.76. The third kappa shape index (κ3) is 5.84. The highest BCUT2D eigenvalue weighted by atomic mass is 16.6. The first-order valence-electron chi connectivity index (χ1n) is 14.3. The van der Waals surface area contributed by atoms with Crippen molar-refractivity contribution in [2.24, 2.45) is 23.7 Å². The number of carbonyl (C=O) groups is 2. The maximum absolute atomic E-state index is 13.7. The average molecular weight is 521 g/mol. The predicted molar refractivity (Wildman–Crippen MR) is 154 cm³/mol. The van der Waals surface area contributed by atoms with Crippen LogP contribution in [0.2, 0.25) is 0 Å². The lowest BCUT2D eigenvalue weighted by atomic mass is 9.50. The van der Waals surface area contributed by atoms with Crippen molar-refractivity contribution in [2.75, 3.05) is 0 Å². The molecule has 4 nitrogen and oxygen atoms in total. The Kier molecular flexibility index (Phi) is 8.85. The smallest absolute Gasteiger partial charge is 0.309 e. The summed E-state index contributed by atoms with van der Waals surface area (Å²) in [5, 5.41) is 0. The van der Waals surface area contributed by atoms with Crippen molar-refractivity contribution in [2.45, 2.75) is 105 Å². The summed E-state index contributed by atoms with van der Waals surface area (Å²) in [6, 6.07) is 17.2. The Labute approximate surface area is 230 Å². The van der Waals surface area contributed by atoms with Gasteiger partial charge in [-0.25, -0.2) is 0 Å². The van der Waals surface area contributed by atoms with Gasteiger partial charge in [-0.2, -0.15) is 0 Å². The number of esters is 2. The van der Waals surface area contributed by atoms with Crippen molar-refractivity contribution < 1.29 is 19.1 Å². The summed E-state index contributed by atoms with van der Waals surface area (Å²) in [6.07, 6.45) is 2.14. The minimum absolute atomic E-state index is 0.128. The number of hydrogen-bond donors (Lipinski definition) is 0. The molecule has 0 saturated heterocycles. The third-order valence-electron chi connectivity index (χ3n) is 8.25. The molecule has 38 heavy (non-hydrogen) atoms. The minimum Gasteiger partial charge on any atom is -0.460 e. The van der Waals surface area contributed by atoms with Gasteiger partial charge in [-0.05, 0) is 94.9 Å². The van der Waals surface area contributed by atoms with Crippen LogP contribution in [0.4, 0.5) is 0 Å². The molecule has 1 aliphatic carbocycles. The second kappa shape index (κ2) is 11.2. The molecule has 0 bridgehead atoms. The van der Waals surface area contributed by atoms with E-state index in [0.29, 0.717) is 12.8 Å². The first kappa shape index (κ1) is 29.9. The molecule has 0 saturated carbocycles. The second-order valence-corrected chi connectivity index (χ2v) is 13.0. The summed E-state index contributed by atoms with van der Waals surface area (Å²) in [5.41, 5.74) is 3.19. The summed E-state index contributed by atoms with van der Waals surface area (Å²) >= 11 is 0. The zero-order chi connectivity index (χ0) is 28.5. The van der Waals surface area contributed by atoms with E-state index in [2.05, 4.69) is 76.2 Å². The zero-order valence-corrected chi connectivity index (χ0v) is 25.2. The van der Waals surface area contributed by atoms with Crippen molar-refractivity contribution in [3.8, 4) is 0 Å². The predicted octanol–water partition coefficient (Wildman–Crippen LogP) is 7.88. The van der Waals surface area contributed by atoms with Crippen LogP contribution in [0.3, 0.4) is 0 Å².